The van der Waals surface area contributed by atoms with E-state index in [9.17, 15) is 24.8 Å². The molecule has 2 aromatic rings. The molecule has 1 heterocycles. The van der Waals surface area contributed by atoms with Gasteiger partial charge in [-0.25, -0.2) is 9.59 Å². The maximum Gasteiger partial charge on any atom is 0.337 e. The summed E-state index contributed by atoms with van der Waals surface area (Å²) in [5, 5.41) is 30.6. The van der Waals surface area contributed by atoms with E-state index in [-0.39, 0.29) is 23.6 Å². The van der Waals surface area contributed by atoms with Crippen molar-refractivity contribution in [3.63, 3.8) is 0 Å². The van der Waals surface area contributed by atoms with E-state index >= 15 is 0 Å². The molecule has 0 fully saturated rings. The van der Waals surface area contributed by atoms with E-state index in [0.717, 1.165) is 0 Å². The van der Waals surface area contributed by atoms with E-state index in [2.05, 4.69) is 21.2 Å². The standard InChI is InChI=1S/C25H29N5O9/c1-5-38-20-11-16(23-22(24(32)37-4)14(2)27-25(33)28-23)7-9-19(20)39-13-21(31)29-26-12-15-6-8-18(36-3)17(10-15)30(34)35/h6-12,21,23,29,31H,5,13H2,1-4H3,(H2,27,28,33)/b26-12-/t21-,23-/m1/s1. The Morgan fingerprint density at radius 2 is 1.95 bits per heavy atom. The second-order valence-electron chi connectivity index (χ2n) is 8.10. The Hall–Kier alpha value is -4.85. The monoisotopic (exact) mass is 543 g/mol. The fourth-order valence-corrected chi connectivity index (χ4v) is 3.75. The number of aliphatic hydroxyl groups excluding tert-OH is 1. The average Bonchev–Trinajstić information content (AvgIpc) is 2.91. The number of nitro benzene ring substituents is 1. The molecule has 0 unspecified atom stereocenters. The summed E-state index contributed by atoms with van der Waals surface area (Å²) in [4.78, 5) is 35.0. The van der Waals surface area contributed by atoms with E-state index in [1.807, 2.05) is 0 Å². The molecule has 0 aliphatic carbocycles. The van der Waals surface area contributed by atoms with Gasteiger partial charge in [0.15, 0.2) is 23.5 Å². The highest BCUT2D eigenvalue weighted by molar-refractivity contribution is 5.95. The lowest BCUT2D eigenvalue weighted by Crippen LogP contribution is -2.45. The maximum atomic E-state index is 12.4. The van der Waals surface area contributed by atoms with Crippen molar-refractivity contribution < 1.29 is 38.6 Å². The smallest absolute Gasteiger partial charge is 0.337 e. The van der Waals surface area contributed by atoms with Gasteiger partial charge in [0.1, 0.15) is 6.61 Å². The SMILES string of the molecule is CCOc1cc([C@H]2NC(=O)NC(C)=C2C(=O)OC)ccc1OC[C@@H](O)N/N=C\c1ccc(OC)c([N+](=O)[O-])c1. The largest absolute Gasteiger partial charge is 0.490 e. The molecular formula is C25H29N5O9. The van der Waals surface area contributed by atoms with E-state index in [0.29, 0.717) is 34.9 Å². The first-order chi connectivity index (χ1) is 18.7. The lowest BCUT2D eigenvalue weighted by atomic mass is 9.95. The van der Waals surface area contributed by atoms with E-state index in [1.54, 1.807) is 38.1 Å². The van der Waals surface area contributed by atoms with Crippen LogP contribution in [0.15, 0.2) is 52.8 Å². The van der Waals surface area contributed by atoms with Crippen molar-refractivity contribution in [2.24, 2.45) is 5.10 Å². The van der Waals surface area contributed by atoms with Crippen LogP contribution in [0.4, 0.5) is 10.5 Å². The van der Waals surface area contributed by atoms with Gasteiger partial charge in [0.05, 0.1) is 43.6 Å². The number of hydrazone groups is 1. The number of amides is 2. The summed E-state index contributed by atoms with van der Waals surface area (Å²) in [6.07, 6.45) is 0.0708. The van der Waals surface area contributed by atoms with Crippen LogP contribution in [0.25, 0.3) is 0 Å². The Morgan fingerprint density at radius 3 is 2.62 bits per heavy atom. The molecule has 39 heavy (non-hydrogen) atoms. The molecule has 14 nitrogen and oxygen atoms in total. The third kappa shape index (κ3) is 7.13. The number of allylic oxidation sites excluding steroid dienone is 1. The molecule has 14 heteroatoms. The minimum Gasteiger partial charge on any atom is -0.490 e. The molecule has 4 N–H and O–H groups in total. The van der Waals surface area contributed by atoms with Gasteiger partial charge in [-0.15, -0.1) is 0 Å². The molecule has 1 aliphatic rings. The highest BCUT2D eigenvalue weighted by Crippen LogP contribution is 2.35. The first kappa shape index (κ1) is 28.7. The zero-order valence-corrected chi connectivity index (χ0v) is 21.7. The summed E-state index contributed by atoms with van der Waals surface area (Å²) >= 11 is 0. The van der Waals surface area contributed by atoms with Gasteiger partial charge in [-0.3, -0.25) is 15.5 Å². The van der Waals surface area contributed by atoms with Crippen LogP contribution in [-0.2, 0) is 9.53 Å². The van der Waals surface area contributed by atoms with Crippen LogP contribution in [0.2, 0.25) is 0 Å². The van der Waals surface area contributed by atoms with E-state index in [1.165, 1.54) is 32.6 Å². The Balaban J connectivity index is 1.70. The van der Waals surface area contributed by atoms with Crippen molar-refractivity contribution in [3.05, 3.63) is 68.9 Å². The second-order valence-corrected chi connectivity index (χ2v) is 8.10. The Labute approximate surface area is 223 Å². The zero-order chi connectivity index (χ0) is 28.5. The third-order valence-corrected chi connectivity index (χ3v) is 5.51. The zero-order valence-electron chi connectivity index (χ0n) is 21.7. The number of nitro groups is 1. The second kappa shape index (κ2) is 13.1. The molecule has 0 aromatic heterocycles. The molecule has 2 atom stereocenters. The van der Waals surface area contributed by atoms with Gasteiger partial charge in [0.25, 0.3) is 0 Å². The minimum absolute atomic E-state index is 0.116. The predicted octanol–water partition coefficient (Wildman–Crippen LogP) is 2.12. The molecule has 0 bridgehead atoms. The fraction of sp³-hybridized carbons (Fsp3) is 0.320. The number of nitrogens with zero attached hydrogens (tertiary/aromatic N) is 2. The quantitative estimate of drug-likeness (QED) is 0.102. The summed E-state index contributed by atoms with van der Waals surface area (Å²) in [5.41, 5.74) is 3.84. The van der Waals surface area contributed by atoms with Crippen LogP contribution in [0.1, 0.15) is 31.0 Å². The number of benzene rings is 2. The van der Waals surface area contributed by atoms with Crippen LogP contribution in [0.3, 0.4) is 0 Å². The highest BCUT2D eigenvalue weighted by atomic mass is 16.6. The van der Waals surface area contributed by atoms with Gasteiger partial charge in [0, 0.05) is 17.3 Å². The number of esters is 1. The van der Waals surface area contributed by atoms with Gasteiger partial charge in [-0.05, 0) is 43.7 Å². The van der Waals surface area contributed by atoms with Crippen molar-refractivity contribution in [2.45, 2.75) is 26.1 Å². The van der Waals surface area contributed by atoms with E-state index < -0.39 is 29.2 Å². The number of hydrogen-bond donors (Lipinski definition) is 4. The lowest BCUT2D eigenvalue weighted by Gasteiger charge is -2.28. The Kier molecular flexibility index (Phi) is 9.64. The molecular weight excluding hydrogens is 514 g/mol. The van der Waals surface area contributed by atoms with Gasteiger partial charge in [-0.1, -0.05) is 6.07 Å². The van der Waals surface area contributed by atoms with Crippen LogP contribution in [-0.4, -0.2) is 61.9 Å². The molecule has 208 valence electrons. The molecule has 0 spiro atoms. The van der Waals surface area contributed by atoms with Crippen LogP contribution in [0, 0.1) is 10.1 Å². The summed E-state index contributed by atoms with van der Waals surface area (Å²) < 4.78 is 21.2. The molecule has 2 aromatic carbocycles. The summed E-state index contributed by atoms with van der Waals surface area (Å²) in [6, 6.07) is 7.92. The van der Waals surface area contributed by atoms with Gasteiger partial charge in [-0.2, -0.15) is 5.10 Å². The average molecular weight is 544 g/mol. The number of ether oxygens (including phenoxy) is 4. The topological polar surface area (TPSA) is 183 Å². The Morgan fingerprint density at radius 1 is 1.21 bits per heavy atom. The Bertz CT molecular complexity index is 1290. The van der Waals surface area contributed by atoms with Crippen LogP contribution < -0.4 is 30.3 Å². The van der Waals surface area contributed by atoms with Crippen LogP contribution in [0.5, 0.6) is 17.2 Å². The maximum absolute atomic E-state index is 12.4. The number of carbonyl (C=O) groups excluding carboxylic acids is 2. The number of carbonyl (C=O) groups is 2. The molecule has 0 saturated heterocycles. The summed E-state index contributed by atoms with van der Waals surface area (Å²) in [6.45, 7) is 3.46. The number of nitrogens with one attached hydrogen (secondary N) is 3. The number of rotatable bonds is 12. The normalized spacial score (nSPS) is 15.7. The fourth-order valence-electron chi connectivity index (χ4n) is 3.75. The van der Waals surface area contributed by atoms with Gasteiger partial charge >= 0.3 is 17.7 Å². The molecule has 0 radical (unpaired) electrons. The van der Waals surface area contributed by atoms with Gasteiger partial charge < -0.3 is 34.7 Å². The number of methoxy groups -OCH3 is 2. The molecule has 3 rings (SSSR count). The number of urea groups is 1. The summed E-state index contributed by atoms with van der Waals surface area (Å²) in [7, 11) is 2.59. The van der Waals surface area contributed by atoms with Crippen molar-refractivity contribution >= 4 is 23.9 Å². The lowest BCUT2D eigenvalue weighted by molar-refractivity contribution is -0.385. The molecule has 0 saturated carbocycles. The first-order valence-electron chi connectivity index (χ1n) is 11.7. The van der Waals surface area contributed by atoms with Crippen molar-refractivity contribution in [2.75, 3.05) is 27.4 Å². The molecule has 1 aliphatic heterocycles. The van der Waals surface area contributed by atoms with Crippen LogP contribution >= 0.6 is 0 Å². The number of hydrogen-bond acceptors (Lipinski definition) is 11. The minimum atomic E-state index is -1.23. The first-order valence-corrected chi connectivity index (χ1v) is 11.7. The third-order valence-electron chi connectivity index (χ3n) is 5.51. The molecule has 2 amide bonds. The summed E-state index contributed by atoms with van der Waals surface area (Å²) in [5.74, 6) is 0.148. The van der Waals surface area contributed by atoms with Crippen molar-refractivity contribution in [1.29, 1.82) is 0 Å². The number of aliphatic hydroxyl groups is 1. The van der Waals surface area contributed by atoms with E-state index in [4.69, 9.17) is 18.9 Å². The van der Waals surface area contributed by atoms with Crippen molar-refractivity contribution in [1.82, 2.24) is 16.1 Å². The van der Waals surface area contributed by atoms with Gasteiger partial charge in [0.2, 0.25) is 0 Å². The predicted molar refractivity (Wildman–Crippen MR) is 139 cm³/mol. The van der Waals surface area contributed by atoms with Crippen molar-refractivity contribution in [3.8, 4) is 17.2 Å². The highest BCUT2D eigenvalue weighted by Gasteiger charge is 2.32.